The van der Waals surface area contributed by atoms with Gasteiger partial charge in [-0.05, 0) is 49.3 Å². The van der Waals surface area contributed by atoms with Crippen molar-refractivity contribution in [1.29, 1.82) is 0 Å². The quantitative estimate of drug-likeness (QED) is 0.765. The van der Waals surface area contributed by atoms with Gasteiger partial charge in [-0.1, -0.05) is 24.3 Å². The van der Waals surface area contributed by atoms with E-state index >= 15 is 0 Å². The van der Waals surface area contributed by atoms with Crippen molar-refractivity contribution in [3.63, 3.8) is 0 Å². The number of fused-ring (bicyclic) bond motifs is 2. The lowest BCUT2D eigenvalue weighted by atomic mass is 9.82. The summed E-state index contributed by atoms with van der Waals surface area (Å²) in [6.45, 7) is 7.09. The number of benzene rings is 1. The van der Waals surface area contributed by atoms with Crippen LogP contribution < -0.4 is 10.0 Å². The summed E-state index contributed by atoms with van der Waals surface area (Å²) in [6, 6.07) is 6.31. The SMILES string of the molecule is Cc1cccc(N2CCN(C(=O)[C@@H]3[C@@H](C(=O)[O-])[C@H]4C=C[C@@H]3C4)CC2)c1C. The maximum Gasteiger partial charge on any atom is 0.227 e. The number of aliphatic carboxylic acids is 1. The third-order valence-electron chi connectivity index (χ3n) is 6.52. The van der Waals surface area contributed by atoms with Crippen LogP contribution in [0.1, 0.15) is 17.5 Å². The van der Waals surface area contributed by atoms with Gasteiger partial charge in [0.2, 0.25) is 5.91 Å². The van der Waals surface area contributed by atoms with E-state index in [4.69, 9.17) is 0 Å². The first-order chi connectivity index (χ1) is 12.5. The number of anilines is 1. The number of hydrogen-bond acceptors (Lipinski definition) is 4. The molecule has 0 spiro atoms. The molecule has 26 heavy (non-hydrogen) atoms. The van der Waals surface area contributed by atoms with Gasteiger partial charge >= 0.3 is 0 Å². The molecular weight excluding hydrogens is 328 g/mol. The van der Waals surface area contributed by atoms with Gasteiger partial charge in [-0.2, -0.15) is 0 Å². The molecule has 2 fully saturated rings. The number of carboxylic acids is 1. The van der Waals surface area contributed by atoms with Gasteiger partial charge in [0.05, 0.1) is 5.92 Å². The fraction of sp³-hybridized carbons (Fsp3) is 0.524. The fourth-order valence-electron chi connectivity index (χ4n) is 4.94. The molecule has 1 saturated heterocycles. The second kappa shape index (κ2) is 6.45. The van der Waals surface area contributed by atoms with Crippen LogP contribution in [-0.4, -0.2) is 43.0 Å². The largest absolute Gasteiger partial charge is 0.550 e. The topological polar surface area (TPSA) is 63.7 Å². The number of carboxylic acid groups (broad SMARTS) is 1. The third kappa shape index (κ3) is 2.70. The first kappa shape index (κ1) is 17.1. The molecule has 0 radical (unpaired) electrons. The summed E-state index contributed by atoms with van der Waals surface area (Å²) in [6.07, 6.45) is 4.75. The highest BCUT2D eigenvalue weighted by molar-refractivity contribution is 5.86. The first-order valence-corrected chi connectivity index (χ1v) is 9.46. The van der Waals surface area contributed by atoms with Crippen molar-refractivity contribution >= 4 is 17.6 Å². The Kier molecular flexibility index (Phi) is 4.25. The van der Waals surface area contributed by atoms with Gasteiger partial charge in [0.15, 0.2) is 0 Å². The van der Waals surface area contributed by atoms with Crippen LogP contribution in [0.15, 0.2) is 30.4 Å². The maximum absolute atomic E-state index is 13.1. The van der Waals surface area contributed by atoms with E-state index < -0.39 is 17.8 Å². The van der Waals surface area contributed by atoms with Gasteiger partial charge in [0, 0.05) is 43.8 Å². The molecule has 3 aliphatic rings. The van der Waals surface area contributed by atoms with Gasteiger partial charge in [0.25, 0.3) is 0 Å². The minimum absolute atomic E-state index is 0.00309. The van der Waals surface area contributed by atoms with E-state index in [-0.39, 0.29) is 17.7 Å². The second-order valence-corrected chi connectivity index (χ2v) is 7.85. The van der Waals surface area contributed by atoms with Crippen LogP contribution in [0.2, 0.25) is 0 Å². The highest BCUT2D eigenvalue weighted by Crippen LogP contribution is 2.48. The van der Waals surface area contributed by atoms with Gasteiger partial charge in [-0.3, -0.25) is 4.79 Å². The van der Waals surface area contributed by atoms with Crippen LogP contribution in [0.3, 0.4) is 0 Å². The lowest BCUT2D eigenvalue weighted by Crippen LogP contribution is -2.53. The van der Waals surface area contributed by atoms with Crippen LogP contribution in [0.5, 0.6) is 0 Å². The molecule has 5 heteroatoms. The van der Waals surface area contributed by atoms with E-state index in [0.717, 1.165) is 19.5 Å². The van der Waals surface area contributed by atoms with Crippen molar-refractivity contribution in [3.05, 3.63) is 41.5 Å². The highest BCUT2D eigenvalue weighted by Gasteiger charge is 2.50. The Morgan fingerprint density at radius 1 is 1.00 bits per heavy atom. The molecule has 1 heterocycles. The summed E-state index contributed by atoms with van der Waals surface area (Å²) in [5.41, 5.74) is 3.78. The molecule has 0 aromatic heterocycles. The predicted octanol–water partition coefficient (Wildman–Crippen LogP) is 1.14. The van der Waals surface area contributed by atoms with E-state index in [1.807, 2.05) is 17.1 Å². The molecule has 1 aromatic rings. The molecular formula is C21H25N2O3-. The minimum atomic E-state index is -1.07. The van der Waals surface area contributed by atoms with Crippen molar-refractivity contribution in [1.82, 2.24) is 4.90 Å². The molecule has 1 aromatic carbocycles. The summed E-state index contributed by atoms with van der Waals surface area (Å²) in [7, 11) is 0. The predicted molar refractivity (Wildman–Crippen MR) is 97.4 cm³/mol. The summed E-state index contributed by atoms with van der Waals surface area (Å²) in [4.78, 5) is 28.8. The molecule has 2 bridgehead atoms. The van der Waals surface area contributed by atoms with E-state index in [2.05, 4.69) is 36.9 Å². The Labute approximate surface area is 154 Å². The lowest BCUT2D eigenvalue weighted by molar-refractivity contribution is -0.313. The first-order valence-electron chi connectivity index (χ1n) is 9.46. The molecule has 0 unspecified atom stereocenters. The average Bonchev–Trinajstić information content (AvgIpc) is 3.25. The highest BCUT2D eigenvalue weighted by atomic mass is 16.4. The zero-order valence-electron chi connectivity index (χ0n) is 15.4. The van der Waals surface area contributed by atoms with E-state index in [0.29, 0.717) is 13.1 Å². The zero-order valence-corrected chi connectivity index (χ0v) is 15.4. The standard InChI is InChI=1S/C21H26N2O3/c1-13-4-3-5-17(14(13)2)22-8-10-23(11-9-22)20(24)18-15-6-7-16(12-15)19(18)21(25)26/h3-7,15-16,18-19H,8-12H2,1-2H3,(H,25,26)/p-1/t15-,16+,18+,19+/m1/s1. The fourth-order valence-corrected chi connectivity index (χ4v) is 4.94. The number of nitrogens with zero attached hydrogens (tertiary/aromatic N) is 2. The van der Waals surface area contributed by atoms with Crippen LogP contribution in [0.4, 0.5) is 5.69 Å². The number of carbonyl (C=O) groups is 2. The summed E-state index contributed by atoms with van der Waals surface area (Å²) in [5, 5.41) is 11.6. The molecule has 1 amide bonds. The smallest absolute Gasteiger partial charge is 0.227 e. The normalized spacial score (nSPS) is 30.1. The number of rotatable bonds is 3. The zero-order chi connectivity index (χ0) is 18.4. The number of carbonyl (C=O) groups excluding carboxylic acids is 2. The van der Waals surface area contributed by atoms with Crippen molar-refractivity contribution in [2.24, 2.45) is 23.7 Å². The van der Waals surface area contributed by atoms with Crippen LogP contribution in [0.25, 0.3) is 0 Å². The molecule has 5 nitrogen and oxygen atoms in total. The number of hydrogen-bond donors (Lipinski definition) is 0. The Morgan fingerprint density at radius 2 is 1.65 bits per heavy atom. The Morgan fingerprint density at radius 3 is 2.31 bits per heavy atom. The van der Waals surface area contributed by atoms with Crippen LogP contribution in [-0.2, 0) is 9.59 Å². The number of piperazine rings is 1. The van der Waals surface area contributed by atoms with Crippen LogP contribution >= 0.6 is 0 Å². The monoisotopic (exact) mass is 353 g/mol. The van der Waals surface area contributed by atoms with Gasteiger partial charge in [-0.15, -0.1) is 0 Å². The van der Waals surface area contributed by atoms with E-state index in [9.17, 15) is 14.7 Å². The van der Waals surface area contributed by atoms with Gasteiger partial charge < -0.3 is 19.7 Å². The summed E-state index contributed by atoms with van der Waals surface area (Å²) < 4.78 is 0. The summed E-state index contributed by atoms with van der Waals surface area (Å²) >= 11 is 0. The minimum Gasteiger partial charge on any atom is -0.550 e. The molecule has 1 aliphatic heterocycles. The molecule has 4 rings (SSSR count). The number of amides is 1. The van der Waals surface area contributed by atoms with Crippen molar-refractivity contribution in [2.75, 3.05) is 31.1 Å². The van der Waals surface area contributed by atoms with Crippen molar-refractivity contribution in [3.8, 4) is 0 Å². The maximum atomic E-state index is 13.1. The van der Waals surface area contributed by atoms with Crippen molar-refractivity contribution in [2.45, 2.75) is 20.3 Å². The molecule has 138 valence electrons. The molecule has 0 N–H and O–H groups in total. The average molecular weight is 353 g/mol. The number of allylic oxidation sites excluding steroid dienone is 2. The van der Waals surface area contributed by atoms with E-state index in [1.165, 1.54) is 16.8 Å². The van der Waals surface area contributed by atoms with E-state index in [1.54, 1.807) is 0 Å². The second-order valence-electron chi connectivity index (χ2n) is 7.85. The van der Waals surface area contributed by atoms with Crippen molar-refractivity contribution < 1.29 is 14.7 Å². The van der Waals surface area contributed by atoms with Crippen LogP contribution in [0, 0.1) is 37.5 Å². The van der Waals surface area contributed by atoms with Gasteiger partial charge in [0.1, 0.15) is 0 Å². The Hall–Kier alpha value is -2.30. The number of aryl methyl sites for hydroxylation is 1. The molecule has 2 aliphatic carbocycles. The Balaban J connectivity index is 1.45. The lowest BCUT2D eigenvalue weighted by Gasteiger charge is -2.40. The molecule has 1 saturated carbocycles. The molecule has 4 atom stereocenters. The Bertz CT molecular complexity index is 765. The summed E-state index contributed by atoms with van der Waals surface area (Å²) in [5.74, 6) is -2.15. The van der Waals surface area contributed by atoms with Gasteiger partial charge in [-0.25, -0.2) is 0 Å². The third-order valence-corrected chi connectivity index (χ3v) is 6.52.